The fourth-order valence-electron chi connectivity index (χ4n) is 4.36. The van der Waals surface area contributed by atoms with E-state index in [1.165, 1.54) is 23.1 Å². The fourth-order valence-corrected chi connectivity index (χ4v) is 4.66. The molecule has 4 rings (SSSR count). The van der Waals surface area contributed by atoms with Crippen molar-refractivity contribution in [3.05, 3.63) is 69.5 Å². The van der Waals surface area contributed by atoms with Crippen molar-refractivity contribution >= 4 is 40.9 Å². The number of piperazine rings is 1. The Kier molecular flexibility index (Phi) is 7.20. The van der Waals surface area contributed by atoms with Crippen LogP contribution < -0.4 is 0 Å². The van der Waals surface area contributed by atoms with E-state index in [1.54, 1.807) is 34.1 Å². The smallest absolute Gasteiger partial charge is 0.257 e. The van der Waals surface area contributed by atoms with E-state index in [9.17, 15) is 18.8 Å². The van der Waals surface area contributed by atoms with Crippen LogP contribution in [0.25, 0.3) is 0 Å². The van der Waals surface area contributed by atoms with Gasteiger partial charge in [0.2, 0.25) is 5.91 Å². The predicted octanol–water partition coefficient (Wildman–Crippen LogP) is 3.97. The topological polar surface area (TPSA) is 60.9 Å². The Morgan fingerprint density at radius 1 is 0.788 bits per heavy atom. The Balaban J connectivity index is 1.34. The number of carbonyl (C=O) groups excluding carboxylic acids is 3. The Bertz CT molecular complexity index is 1060. The van der Waals surface area contributed by atoms with Crippen LogP contribution in [0.5, 0.6) is 0 Å². The highest BCUT2D eigenvalue weighted by Gasteiger charge is 2.34. The zero-order valence-corrected chi connectivity index (χ0v) is 19.5. The second-order valence-corrected chi connectivity index (χ2v) is 9.21. The maximum atomic E-state index is 14.1. The van der Waals surface area contributed by atoms with E-state index in [0.717, 1.165) is 12.8 Å². The summed E-state index contributed by atoms with van der Waals surface area (Å²) in [5.74, 6) is -1.44. The molecule has 2 aliphatic heterocycles. The molecule has 0 aromatic heterocycles. The molecule has 0 aliphatic carbocycles. The summed E-state index contributed by atoms with van der Waals surface area (Å²) in [4.78, 5) is 43.7. The average Bonchev–Trinajstić information content (AvgIpc) is 2.85. The van der Waals surface area contributed by atoms with E-state index in [4.69, 9.17) is 23.2 Å². The summed E-state index contributed by atoms with van der Waals surface area (Å²) in [6.07, 6.45) is 1.47. The van der Waals surface area contributed by atoms with Crippen LogP contribution in [0.4, 0.5) is 4.39 Å². The highest BCUT2D eigenvalue weighted by Crippen LogP contribution is 2.23. The molecule has 2 fully saturated rings. The van der Waals surface area contributed by atoms with Crippen molar-refractivity contribution in [3.63, 3.8) is 0 Å². The van der Waals surface area contributed by atoms with E-state index in [2.05, 4.69) is 0 Å². The molecular weight excluding hydrogens is 468 g/mol. The summed E-state index contributed by atoms with van der Waals surface area (Å²) >= 11 is 11.8. The van der Waals surface area contributed by atoms with Crippen molar-refractivity contribution in [2.45, 2.75) is 12.8 Å². The second kappa shape index (κ2) is 10.1. The number of hydrogen-bond acceptors (Lipinski definition) is 3. The Hall–Kier alpha value is -2.64. The van der Waals surface area contributed by atoms with Crippen molar-refractivity contribution < 1.29 is 18.8 Å². The Morgan fingerprint density at radius 3 is 2.12 bits per heavy atom. The lowest BCUT2D eigenvalue weighted by atomic mass is 9.95. The van der Waals surface area contributed by atoms with Crippen LogP contribution >= 0.6 is 23.2 Å². The van der Waals surface area contributed by atoms with Gasteiger partial charge in [0.05, 0.1) is 11.5 Å². The number of rotatable bonds is 3. The minimum Gasteiger partial charge on any atom is -0.339 e. The maximum absolute atomic E-state index is 14.1. The Morgan fingerprint density at radius 2 is 1.42 bits per heavy atom. The van der Waals surface area contributed by atoms with Gasteiger partial charge in [0.25, 0.3) is 11.8 Å². The number of benzene rings is 2. The summed E-state index contributed by atoms with van der Waals surface area (Å²) in [7, 11) is 0. The predicted molar refractivity (Wildman–Crippen MR) is 124 cm³/mol. The van der Waals surface area contributed by atoms with Crippen molar-refractivity contribution in [2.24, 2.45) is 5.92 Å². The van der Waals surface area contributed by atoms with Crippen LogP contribution in [0.15, 0.2) is 42.5 Å². The molecule has 174 valence electrons. The van der Waals surface area contributed by atoms with Gasteiger partial charge in [-0.3, -0.25) is 14.4 Å². The van der Waals surface area contributed by atoms with Crippen LogP contribution in [0.3, 0.4) is 0 Å². The molecule has 1 unspecified atom stereocenters. The van der Waals surface area contributed by atoms with Gasteiger partial charge in [-0.2, -0.15) is 0 Å². The average molecular weight is 492 g/mol. The second-order valence-electron chi connectivity index (χ2n) is 8.34. The third kappa shape index (κ3) is 5.31. The molecule has 0 bridgehead atoms. The van der Waals surface area contributed by atoms with Crippen molar-refractivity contribution in [3.8, 4) is 0 Å². The molecule has 0 N–H and O–H groups in total. The molecule has 1 atom stereocenters. The molecule has 0 spiro atoms. The fraction of sp³-hybridized carbons (Fsp3) is 0.375. The zero-order valence-electron chi connectivity index (χ0n) is 18.0. The van der Waals surface area contributed by atoms with E-state index in [0.29, 0.717) is 54.9 Å². The van der Waals surface area contributed by atoms with Crippen molar-refractivity contribution in [1.82, 2.24) is 14.7 Å². The van der Waals surface area contributed by atoms with Gasteiger partial charge in [-0.15, -0.1) is 0 Å². The molecule has 3 amide bonds. The van der Waals surface area contributed by atoms with E-state index >= 15 is 0 Å². The van der Waals surface area contributed by atoms with Gasteiger partial charge in [0, 0.05) is 54.9 Å². The molecule has 33 heavy (non-hydrogen) atoms. The van der Waals surface area contributed by atoms with E-state index < -0.39 is 11.7 Å². The minimum atomic E-state index is -0.615. The first kappa shape index (κ1) is 23.5. The SMILES string of the molecule is O=C(c1ccc(Cl)cc1)N1CCCC(C(=O)N2CCN(C(=O)c3cc(Cl)ccc3F)CC2)C1. The van der Waals surface area contributed by atoms with E-state index in [-0.39, 0.29) is 23.3 Å². The lowest BCUT2D eigenvalue weighted by Gasteiger charge is -2.39. The molecule has 2 saturated heterocycles. The summed E-state index contributed by atoms with van der Waals surface area (Å²) in [5, 5.41) is 0.859. The number of amides is 3. The molecule has 9 heteroatoms. The zero-order chi connectivity index (χ0) is 23.5. The van der Waals surface area contributed by atoms with Gasteiger partial charge in [0.15, 0.2) is 0 Å². The van der Waals surface area contributed by atoms with Crippen LogP contribution in [-0.4, -0.2) is 71.7 Å². The van der Waals surface area contributed by atoms with Crippen molar-refractivity contribution in [2.75, 3.05) is 39.3 Å². The number of nitrogens with zero attached hydrogens (tertiary/aromatic N) is 3. The lowest BCUT2D eigenvalue weighted by Crippen LogP contribution is -2.54. The molecule has 2 aromatic rings. The summed E-state index contributed by atoms with van der Waals surface area (Å²) < 4.78 is 14.1. The van der Waals surface area contributed by atoms with Crippen LogP contribution in [0, 0.1) is 11.7 Å². The number of likely N-dealkylation sites (tertiary alicyclic amines) is 1. The molecule has 2 aromatic carbocycles. The summed E-state index contributed by atoms with van der Waals surface area (Å²) in [6, 6.07) is 10.6. The summed E-state index contributed by atoms with van der Waals surface area (Å²) in [5.41, 5.74) is 0.485. The molecule has 2 heterocycles. The van der Waals surface area contributed by atoms with Gasteiger partial charge >= 0.3 is 0 Å². The van der Waals surface area contributed by atoms with Gasteiger partial charge in [0.1, 0.15) is 5.82 Å². The number of carbonyl (C=O) groups is 3. The van der Waals surface area contributed by atoms with Crippen molar-refractivity contribution in [1.29, 1.82) is 0 Å². The number of hydrogen-bond donors (Lipinski definition) is 0. The Labute approximate surface area is 201 Å². The van der Waals surface area contributed by atoms with Gasteiger partial charge in [-0.1, -0.05) is 23.2 Å². The first-order chi connectivity index (χ1) is 15.8. The van der Waals surface area contributed by atoms with E-state index in [1.807, 2.05) is 0 Å². The van der Waals surface area contributed by atoms with Gasteiger partial charge in [-0.05, 0) is 55.3 Å². The monoisotopic (exact) mass is 491 g/mol. The molecule has 2 aliphatic rings. The minimum absolute atomic E-state index is 0.00959. The molecule has 0 saturated carbocycles. The van der Waals surface area contributed by atoms with Gasteiger partial charge < -0.3 is 14.7 Å². The highest BCUT2D eigenvalue weighted by atomic mass is 35.5. The third-order valence-electron chi connectivity index (χ3n) is 6.19. The lowest BCUT2D eigenvalue weighted by molar-refractivity contribution is -0.138. The quantitative estimate of drug-likeness (QED) is 0.652. The number of piperidine rings is 1. The first-order valence-corrected chi connectivity index (χ1v) is 11.7. The van der Waals surface area contributed by atoms with Gasteiger partial charge in [-0.25, -0.2) is 4.39 Å². The summed E-state index contributed by atoms with van der Waals surface area (Å²) in [6.45, 7) is 2.35. The highest BCUT2D eigenvalue weighted by molar-refractivity contribution is 6.31. The maximum Gasteiger partial charge on any atom is 0.257 e. The molecule has 6 nitrogen and oxygen atoms in total. The standard InChI is InChI=1S/C24H24Cl2FN3O3/c25-18-5-3-16(4-6-18)22(31)30-9-1-2-17(15-30)23(32)28-10-12-29(13-11-28)24(33)20-14-19(26)7-8-21(20)27/h3-8,14,17H,1-2,9-13,15H2. The third-order valence-corrected chi connectivity index (χ3v) is 6.67. The first-order valence-electron chi connectivity index (χ1n) is 10.9. The van der Waals surface area contributed by atoms with Crippen LogP contribution in [0.2, 0.25) is 10.0 Å². The largest absolute Gasteiger partial charge is 0.339 e. The van der Waals surface area contributed by atoms with Crippen LogP contribution in [0.1, 0.15) is 33.6 Å². The van der Waals surface area contributed by atoms with Crippen LogP contribution in [-0.2, 0) is 4.79 Å². The number of halogens is 3. The normalized spacial score (nSPS) is 18.9. The molecule has 0 radical (unpaired) electrons. The molecular formula is C24H24Cl2FN3O3.